The molecule has 0 atom stereocenters. The van der Waals surface area contributed by atoms with Crippen LogP contribution < -0.4 is 4.90 Å². The van der Waals surface area contributed by atoms with Crippen molar-refractivity contribution >= 4 is 22.4 Å². The van der Waals surface area contributed by atoms with Crippen LogP contribution in [0, 0.1) is 0 Å². The number of carbonyl (C=O) groups excluding carboxylic acids is 1. The number of piperidine rings is 1. The minimum atomic E-state index is 0.0556. The summed E-state index contributed by atoms with van der Waals surface area (Å²) < 4.78 is 0. The molecule has 1 spiro atoms. The van der Waals surface area contributed by atoms with Crippen LogP contribution in [-0.2, 0) is 11.8 Å². The third kappa shape index (κ3) is 3.70. The van der Waals surface area contributed by atoms with E-state index in [1.165, 1.54) is 11.1 Å². The van der Waals surface area contributed by atoms with E-state index in [0.717, 1.165) is 67.5 Å². The number of fused-ring (bicyclic) bond motifs is 3. The van der Waals surface area contributed by atoms with Gasteiger partial charge in [0.05, 0.1) is 0 Å². The van der Waals surface area contributed by atoms with Gasteiger partial charge in [-0.3, -0.25) is 4.79 Å². The molecule has 3 nitrogen and oxygen atoms in total. The van der Waals surface area contributed by atoms with Gasteiger partial charge in [0, 0.05) is 29.8 Å². The average molecular weight is 447 g/mol. The maximum Gasteiger partial charge on any atom is 0.258 e. The van der Waals surface area contributed by atoms with Crippen LogP contribution in [0.15, 0.2) is 97.1 Å². The summed E-state index contributed by atoms with van der Waals surface area (Å²) in [6.07, 6.45) is 3.28. The van der Waals surface area contributed by atoms with Crippen LogP contribution in [0.4, 0.5) is 5.69 Å². The molecular weight excluding hydrogens is 416 g/mol. The van der Waals surface area contributed by atoms with Crippen LogP contribution in [0.3, 0.4) is 0 Å². The van der Waals surface area contributed by atoms with Gasteiger partial charge in [0.2, 0.25) is 0 Å². The van der Waals surface area contributed by atoms with Crippen molar-refractivity contribution in [2.45, 2.75) is 24.7 Å². The highest BCUT2D eigenvalue weighted by atomic mass is 16.2. The molecule has 3 heteroatoms. The summed E-state index contributed by atoms with van der Waals surface area (Å²) in [6.45, 7) is 4.04. The summed E-state index contributed by atoms with van der Waals surface area (Å²) in [5, 5.41) is 2.14. The normalized spacial score (nSPS) is 17.2. The summed E-state index contributed by atoms with van der Waals surface area (Å²) in [5.41, 5.74) is 4.70. The van der Waals surface area contributed by atoms with E-state index in [1.54, 1.807) is 0 Å². The largest absolute Gasteiger partial charge is 0.307 e. The number of rotatable bonds is 4. The Morgan fingerprint density at radius 2 is 1.47 bits per heavy atom. The molecule has 0 N–H and O–H groups in total. The van der Waals surface area contributed by atoms with Gasteiger partial charge in [-0.05, 0) is 66.4 Å². The Labute approximate surface area is 201 Å². The van der Waals surface area contributed by atoms with Gasteiger partial charge in [0.1, 0.15) is 0 Å². The molecule has 170 valence electrons. The maximum atomic E-state index is 13.9. The number of para-hydroxylation sites is 1. The average Bonchev–Trinajstić information content (AvgIpc) is 3.22. The molecule has 1 fully saturated rings. The first-order valence-corrected chi connectivity index (χ1v) is 12.4. The summed E-state index contributed by atoms with van der Waals surface area (Å²) in [7, 11) is 0. The lowest BCUT2D eigenvalue weighted by Gasteiger charge is -2.40. The molecule has 0 saturated carbocycles. The molecule has 6 rings (SSSR count). The van der Waals surface area contributed by atoms with Gasteiger partial charge in [-0.2, -0.15) is 0 Å². The summed E-state index contributed by atoms with van der Waals surface area (Å²) in [5.74, 6) is 0.118. The standard InChI is InChI=1S/C31H30N2O/c34-30(27-14-8-12-25-11-4-5-13-26(25)27)33-23-31(28-15-6-7-16-29(28)33)18-21-32(22-19-31)20-17-24-9-2-1-3-10-24/h1-16H,17-23H2. The second-order valence-electron chi connectivity index (χ2n) is 9.79. The summed E-state index contributed by atoms with van der Waals surface area (Å²) >= 11 is 0. The van der Waals surface area contributed by atoms with E-state index in [1.807, 2.05) is 24.3 Å². The van der Waals surface area contributed by atoms with E-state index in [2.05, 4.69) is 82.6 Å². The van der Waals surface area contributed by atoms with E-state index < -0.39 is 0 Å². The van der Waals surface area contributed by atoms with Crippen molar-refractivity contribution in [3.63, 3.8) is 0 Å². The van der Waals surface area contributed by atoms with Crippen LogP contribution >= 0.6 is 0 Å². The molecule has 4 aromatic rings. The molecule has 0 aromatic heterocycles. The Kier molecular flexibility index (Phi) is 5.43. The number of nitrogens with zero attached hydrogens (tertiary/aromatic N) is 2. The molecule has 34 heavy (non-hydrogen) atoms. The van der Waals surface area contributed by atoms with E-state index >= 15 is 0 Å². The fourth-order valence-electron chi connectivity index (χ4n) is 5.93. The molecule has 2 aliphatic rings. The predicted molar refractivity (Wildman–Crippen MR) is 140 cm³/mol. The van der Waals surface area contributed by atoms with Crippen molar-refractivity contribution in [1.29, 1.82) is 0 Å². The Morgan fingerprint density at radius 1 is 0.765 bits per heavy atom. The number of benzene rings is 4. The fraction of sp³-hybridized carbons (Fsp3) is 0.258. The molecule has 0 radical (unpaired) electrons. The molecular formula is C31H30N2O. The monoisotopic (exact) mass is 446 g/mol. The lowest BCUT2D eigenvalue weighted by Crippen LogP contribution is -2.46. The minimum Gasteiger partial charge on any atom is -0.307 e. The lowest BCUT2D eigenvalue weighted by atomic mass is 9.74. The van der Waals surface area contributed by atoms with Gasteiger partial charge in [-0.25, -0.2) is 0 Å². The Balaban J connectivity index is 1.23. The summed E-state index contributed by atoms with van der Waals surface area (Å²) in [4.78, 5) is 18.5. The van der Waals surface area contributed by atoms with Gasteiger partial charge in [0.15, 0.2) is 0 Å². The van der Waals surface area contributed by atoms with E-state index in [-0.39, 0.29) is 11.3 Å². The molecule has 4 aromatic carbocycles. The number of carbonyl (C=O) groups is 1. The highest BCUT2D eigenvalue weighted by molar-refractivity contribution is 6.15. The highest BCUT2D eigenvalue weighted by Gasteiger charge is 2.46. The number of likely N-dealkylation sites (tertiary alicyclic amines) is 1. The Morgan fingerprint density at radius 3 is 2.32 bits per heavy atom. The molecule has 1 amide bonds. The number of hydrogen-bond donors (Lipinski definition) is 0. The maximum absolute atomic E-state index is 13.9. The van der Waals surface area contributed by atoms with E-state index in [9.17, 15) is 4.79 Å². The minimum absolute atomic E-state index is 0.0556. The molecule has 0 bridgehead atoms. The van der Waals surface area contributed by atoms with Crippen LogP contribution in [-0.4, -0.2) is 37.0 Å². The fourth-order valence-corrected chi connectivity index (χ4v) is 5.93. The summed E-state index contributed by atoms with van der Waals surface area (Å²) in [6, 6.07) is 33.6. The zero-order valence-corrected chi connectivity index (χ0v) is 19.5. The van der Waals surface area contributed by atoms with Crippen molar-refractivity contribution in [3.05, 3.63) is 114 Å². The smallest absolute Gasteiger partial charge is 0.258 e. The van der Waals surface area contributed by atoms with Crippen LogP contribution in [0.25, 0.3) is 10.8 Å². The van der Waals surface area contributed by atoms with Crippen molar-refractivity contribution in [2.24, 2.45) is 0 Å². The van der Waals surface area contributed by atoms with Gasteiger partial charge in [-0.15, -0.1) is 0 Å². The van der Waals surface area contributed by atoms with Gasteiger partial charge in [-0.1, -0.05) is 84.9 Å². The van der Waals surface area contributed by atoms with Crippen molar-refractivity contribution in [2.75, 3.05) is 31.1 Å². The molecule has 0 aliphatic carbocycles. The number of amides is 1. The van der Waals surface area contributed by atoms with Crippen molar-refractivity contribution in [3.8, 4) is 0 Å². The second kappa shape index (κ2) is 8.73. The second-order valence-corrected chi connectivity index (χ2v) is 9.79. The van der Waals surface area contributed by atoms with Crippen molar-refractivity contribution in [1.82, 2.24) is 4.90 Å². The van der Waals surface area contributed by atoms with Gasteiger partial charge >= 0.3 is 0 Å². The third-order valence-electron chi connectivity index (χ3n) is 7.86. The van der Waals surface area contributed by atoms with Crippen LogP contribution in [0.1, 0.15) is 34.3 Å². The first kappa shape index (κ1) is 21.1. The third-order valence-corrected chi connectivity index (χ3v) is 7.86. The Hall–Kier alpha value is -3.43. The van der Waals surface area contributed by atoms with Crippen molar-refractivity contribution < 1.29 is 4.79 Å². The highest BCUT2D eigenvalue weighted by Crippen LogP contribution is 2.47. The zero-order valence-electron chi connectivity index (χ0n) is 19.5. The first-order chi connectivity index (χ1) is 16.7. The molecule has 0 unspecified atom stereocenters. The van der Waals surface area contributed by atoms with Crippen LogP contribution in [0.2, 0.25) is 0 Å². The topological polar surface area (TPSA) is 23.6 Å². The quantitative estimate of drug-likeness (QED) is 0.379. The predicted octanol–water partition coefficient (Wildman–Crippen LogP) is 6.08. The zero-order chi connectivity index (χ0) is 23.0. The molecule has 2 heterocycles. The lowest BCUT2D eigenvalue weighted by molar-refractivity contribution is 0.0978. The van der Waals surface area contributed by atoms with Crippen LogP contribution in [0.5, 0.6) is 0 Å². The molecule has 2 aliphatic heterocycles. The molecule has 1 saturated heterocycles. The van der Waals surface area contributed by atoms with E-state index in [0.29, 0.717) is 0 Å². The SMILES string of the molecule is O=C(c1cccc2ccccc12)N1CC2(CCN(CCc3ccccc3)CC2)c2ccccc21. The van der Waals surface area contributed by atoms with Gasteiger partial charge in [0.25, 0.3) is 5.91 Å². The Bertz CT molecular complexity index is 1320. The number of hydrogen-bond acceptors (Lipinski definition) is 2. The van der Waals surface area contributed by atoms with Gasteiger partial charge < -0.3 is 9.80 Å². The first-order valence-electron chi connectivity index (χ1n) is 12.4. The van der Waals surface area contributed by atoms with E-state index in [4.69, 9.17) is 0 Å². The number of anilines is 1.